The number of methoxy groups -OCH3 is 1. The molecule has 1 saturated heterocycles. The molecule has 4 nitrogen and oxygen atoms in total. The minimum Gasteiger partial charge on any atom is -0.497 e. The van der Waals surface area contributed by atoms with E-state index in [-0.39, 0.29) is 12.4 Å². The fourth-order valence-electron chi connectivity index (χ4n) is 3.35. The van der Waals surface area contributed by atoms with Gasteiger partial charge in [-0.05, 0) is 62.2 Å². The first kappa shape index (κ1) is 19.7. The lowest BCUT2D eigenvalue weighted by Crippen LogP contribution is -2.35. The van der Waals surface area contributed by atoms with Crippen LogP contribution >= 0.6 is 12.4 Å². The Morgan fingerprint density at radius 1 is 1.08 bits per heavy atom. The third kappa shape index (κ3) is 5.99. The molecular weight excluding hydrogens is 334 g/mol. The van der Waals surface area contributed by atoms with Crippen molar-refractivity contribution < 1.29 is 4.74 Å². The Bertz CT molecular complexity index is 598. The lowest BCUT2D eigenvalue weighted by Gasteiger charge is -2.31. The average molecular weight is 362 g/mol. The van der Waals surface area contributed by atoms with E-state index in [2.05, 4.69) is 39.5 Å². The fourth-order valence-corrected chi connectivity index (χ4v) is 3.35. The molecule has 0 aliphatic carbocycles. The molecule has 1 atom stereocenters. The SMILES string of the molecule is COc1ccc(CN(Cc2ccccn2)C2CCCNCC2)cc1.Cl. The molecule has 25 heavy (non-hydrogen) atoms. The van der Waals surface area contributed by atoms with E-state index in [1.54, 1.807) is 7.11 Å². The second-order valence-corrected chi connectivity index (χ2v) is 6.41. The van der Waals surface area contributed by atoms with Crippen molar-refractivity contribution in [2.24, 2.45) is 0 Å². The molecule has 136 valence electrons. The maximum Gasteiger partial charge on any atom is 0.118 e. The molecule has 0 bridgehead atoms. The zero-order chi connectivity index (χ0) is 16.6. The molecule has 1 aromatic carbocycles. The van der Waals surface area contributed by atoms with E-state index < -0.39 is 0 Å². The van der Waals surface area contributed by atoms with E-state index in [1.807, 2.05) is 24.4 Å². The summed E-state index contributed by atoms with van der Waals surface area (Å²) in [5.41, 5.74) is 2.46. The van der Waals surface area contributed by atoms with Crippen molar-refractivity contribution in [1.29, 1.82) is 0 Å². The Kier molecular flexibility index (Phi) is 8.19. The summed E-state index contributed by atoms with van der Waals surface area (Å²) in [4.78, 5) is 7.11. The zero-order valence-corrected chi connectivity index (χ0v) is 15.7. The third-order valence-electron chi connectivity index (χ3n) is 4.70. The van der Waals surface area contributed by atoms with Crippen LogP contribution in [0.15, 0.2) is 48.7 Å². The molecule has 1 N–H and O–H groups in total. The molecule has 0 radical (unpaired) electrons. The van der Waals surface area contributed by atoms with Crippen molar-refractivity contribution in [2.45, 2.75) is 38.4 Å². The Morgan fingerprint density at radius 3 is 2.64 bits per heavy atom. The first-order valence-electron chi connectivity index (χ1n) is 8.83. The molecule has 0 saturated carbocycles. The largest absolute Gasteiger partial charge is 0.497 e. The summed E-state index contributed by atoms with van der Waals surface area (Å²) in [5, 5.41) is 3.52. The van der Waals surface area contributed by atoms with Gasteiger partial charge in [0, 0.05) is 25.3 Å². The monoisotopic (exact) mass is 361 g/mol. The molecular formula is C20H28ClN3O. The fraction of sp³-hybridized carbons (Fsp3) is 0.450. The lowest BCUT2D eigenvalue weighted by molar-refractivity contribution is 0.162. The molecule has 0 spiro atoms. The highest BCUT2D eigenvalue weighted by Crippen LogP contribution is 2.20. The third-order valence-corrected chi connectivity index (χ3v) is 4.70. The highest BCUT2D eigenvalue weighted by Gasteiger charge is 2.20. The van der Waals surface area contributed by atoms with E-state index in [9.17, 15) is 0 Å². The van der Waals surface area contributed by atoms with Crippen LogP contribution in [0.3, 0.4) is 0 Å². The first-order valence-corrected chi connectivity index (χ1v) is 8.83. The predicted molar refractivity (Wildman–Crippen MR) is 104 cm³/mol. The summed E-state index contributed by atoms with van der Waals surface area (Å²) in [6, 6.07) is 15.2. The van der Waals surface area contributed by atoms with Crippen molar-refractivity contribution in [1.82, 2.24) is 15.2 Å². The summed E-state index contributed by atoms with van der Waals surface area (Å²) in [5.74, 6) is 0.911. The number of hydrogen-bond acceptors (Lipinski definition) is 4. The Balaban J connectivity index is 0.00000225. The summed E-state index contributed by atoms with van der Waals surface area (Å²) in [7, 11) is 1.71. The molecule has 3 rings (SSSR count). The van der Waals surface area contributed by atoms with Crippen molar-refractivity contribution in [3.05, 3.63) is 59.9 Å². The molecule has 0 amide bonds. The molecule has 2 aromatic rings. The summed E-state index contributed by atoms with van der Waals surface area (Å²) >= 11 is 0. The number of benzene rings is 1. The molecule has 1 aromatic heterocycles. The van der Waals surface area contributed by atoms with Crippen LogP contribution in [-0.2, 0) is 13.1 Å². The van der Waals surface area contributed by atoms with Crippen molar-refractivity contribution in [2.75, 3.05) is 20.2 Å². The normalized spacial score (nSPS) is 17.6. The van der Waals surface area contributed by atoms with Gasteiger partial charge >= 0.3 is 0 Å². The molecule has 5 heteroatoms. The number of rotatable bonds is 6. The Hall–Kier alpha value is -1.62. The maximum absolute atomic E-state index is 5.27. The van der Waals surface area contributed by atoms with Crippen molar-refractivity contribution >= 4 is 12.4 Å². The zero-order valence-electron chi connectivity index (χ0n) is 14.9. The predicted octanol–water partition coefficient (Wildman–Crippen LogP) is 3.66. The second-order valence-electron chi connectivity index (χ2n) is 6.41. The Morgan fingerprint density at radius 2 is 1.92 bits per heavy atom. The van der Waals surface area contributed by atoms with Gasteiger partial charge < -0.3 is 10.1 Å². The van der Waals surface area contributed by atoms with Gasteiger partial charge in [0.1, 0.15) is 5.75 Å². The van der Waals surface area contributed by atoms with Gasteiger partial charge in [-0.2, -0.15) is 0 Å². The number of hydrogen-bond donors (Lipinski definition) is 1. The van der Waals surface area contributed by atoms with Gasteiger partial charge in [-0.25, -0.2) is 0 Å². The van der Waals surface area contributed by atoms with Gasteiger partial charge in [-0.3, -0.25) is 9.88 Å². The molecule has 1 fully saturated rings. The van der Waals surface area contributed by atoms with Gasteiger partial charge in [-0.15, -0.1) is 12.4 Å². The standard InChI is InChI=1S/C20H27N3O.ClH/c1-24-20-9-7-17(8-10-20)15-23(16-18-5-2-3-13-22-18)19-6-4-12-21-14-11-19;/h2-3,5,7-10,13,19,21H,4,6,11-12,14-16H2,1H3;1H. The maximum atomic E-state index is 5.27. The molecule has 1 unspecified atom stereocenters. The highest BCUT2D eigenvalue weighted by atomic mass is 35.5. The number of nitrogens with one attached hydrogen (secondary N) is 1. The van der Waals surface area contributed by atoms with Crippen LogP contribution < -0.4 is 10.1 Å². The van der Waals surface area contributed by atoms with Gasteiger partial charge in [0.05, 0.1) is 12.8 Å². The van der Waals surface area contributed by atoms with Crippen LogP contribution in [0.2, 0.25) is 0 Å². The quantitative estimate of drug-likeness (QED) is 0.852. The minimum atomic E-state index is 0. The van der Waals surface area contributed by atoms with Crippen molar-refractivity contribution in [3.8, 4) is 5.75 Å². The topological polar surface area (TPSA) is 37.4 Å². The number of aromatic nitrogens is 1. The van der Waals surface area contributed by atoms with Crippen LogP contribution in [0.1, 0.15) is 30.5 Å². The van der Waals surface area contributed by atoms with Gasteiger partial charge in [-0.1, -0.05) is 18.2 Å². The van der Waals surface area contributed by atoms with Crippen LogP contribution in [0, 0.1) is 0 Å². The van der Waals surface area contributed by atoms with E-state index in [4.69, 9.17) is 4.74 Å². The van der Waals surface area contributed by atoms with Crippen LogP contribution in [-0.4, -0.2) is 36.1 Å². The molecule has 1 aliphatic rings. The molecule has 2 heterocycles. The minimum absolute atomic E-state index is 0. The average Bonchev–Trinajstić information content (AvgIpc) is 2.92. The Labute approximate surface area is 157 Å². The van der Waals surface area contributed by atoms with Gasteiger partial charge in [0.2, 0.25) is 0 Å². The van der Waals surface area contributed by atoms with Crippen LogP contribution in [0.25, 0.3) is 0 Å². The molecule has 1 aliphatic heterocycles. The number of halogens is 1. The van der Waals surface area contributed by atoms with Gasteiger partial charge in [0.15, 0.2) is 0 Å². The highest BCUT2D eigenvalue weighted by molar-refractivity contribution is 5.85. The number of ether oxygens (including phenoxy) is 1. The first-order chi connectivity index (χ1) is 11.8. The summed E-state index contributed by atoms with van der Waals surface area (Å²) < 4.78 is 5.27. The van der Waals surface area contributed by atoms with Crippen LogP contribution in [0.4, 0.5) is 0 Å². The number of pyridine rings is 1. The summed E-state index contributed by atoms with van der Waals surface area (Å²) in [6.45, 7) is 4.09. The summed E-state index contributed by atoms with van der Waals surface area (Å²) in [6.07, 6.45) is 5.57. The van der Waals surface area contributed by atoms with Crippen molar-refractivity contribution in [3.63, 3.8) is 0 Å². The van der Waals surface area contributed by atoms with Gasteiger partial charge in [0.25, 0.3) is 0 Å². The lowest BCUT2D eigenvalue weighted by atomic mass is 10.1. The number of nitrogens with zero attached hydrogens (tertiary/aromatic N) is 2. The second kappa shape index (κ2) is 10.4. The van der Waals surface area contributed by atoms with E-state index in [0.29, 0.717) is 6.04 Å². The smallest absolute Gasteiger partial charge is 0.118 e. The van der Waals surface area contributed by atoms with Crippen LogP contribution in [0.5, 0.6) is 5.75 Å². The van der Waals surface area contributed by atoms with E-state index in [0.717, 1.165) is 37.6 Å². The van der Waals surface area contributed by atoms with E-state index >= 15 is 0 Å². The van der Waals surface area contributed by atoms with E-state index in [1.165, 1.54) is 24.8 Å².